The van der Waals surface area contributed by atoms with Crippen LogP contribution < -0.4 is 0 Å². The van der Waals surface area contributed by atoms with Gasteiger partial charge in [0.15, 0.2) is 0 Å². The van der Waals surface area contributed by atoms with Crippen molar-refractivity contribution >= 4 is 17.2 Å². The second kappa shape index (κ2) is 8.76. The molecule has 1 aliphatic rings. The van der Waals surface area contributed by atoms with E-state index >= 15 is 0 Å². The van der Waals surface area contributed by atoms with Gasteiger partial charge in [0, 0.05) is 12.7 Å². The maximum absolute atomic E-state index is 12.9. The number of ether oxygens (including phenoxy) is 1. The van der Waals surface area contributed by atoms with Crippen LogP contribution in [0.25, 0.3) is 0 Å². The first kappa shape index (κ1) is 21.5. The van der Waals surface area contributed by atoms with Gasteiger partial charge < -0.3 is 9.64 Å². The molecule has 1 aromatic carbocycles. The van der Waals surface area contributed by atoms with Gasteiger partial charge in [0.25, 0.3) is 5.91 Å². The Balaban J connectivity index is 1.43. The molecule has 162 valence electrons. The monoisotopic (exact) mass is 447 g/mol. The minimum atomic E-state index is -4.36. The van der Waals surface area contributed by atoms with E-state index in [0.29, 0.717) is 42.3 Å². The Kier molecular flexibility index (Phi) is 6.06. The fraction of sp³-hybridized carbons (Fsp3) is 0.318. The van der Waals surface area contributed by atoms with Gasteiger partial charge in [-0.2, -0.15) is 13.2 Å². The van der Waals surface area contributed by atoms with Crippen LogP contribution in [0.3, 0.4) is 0 Å². The van der Waals surface area contributed by atoms with Crippen LogP contribution >= 0.6 is 11.3 Å². The summed E-state index contributed by atoms with van der Waals surface area (Å²) in [6.07, 6.45) is -2.73. The molecule has 1 atom stereocenters. The van der Waals surface area contributed by atoms with Crippen molar-refractivity contribution in [1.82, 2.24) is 14.9 Å². The van der Waals surface area contributed by atoms with Gasteiger partial charge >= 0.3 is 6.18 Å². The number of hydrogen-bond donors (Lipinski definition) is 0. The fourth-order valence-electron chi connectivity index (χ4n) is 3.49. The molecule has 4 rings (SSSR count). The zero-order valence-electron chi connectivity index (χ0n) is 16.7. The minimum Gasteiger partial charge on any atom is -0.368 e. The third kappa shape index (κ3) is 4.94. The van der Waals surface area contributed by atoms with Crippen molar-refractivity contribution in [2.75, 3.05) is 19.7 Å². The molecule has 0 spiro atoms. The maximum atomic E-state index is 12.9. The summed E-state index contributed by atoms with van der Waals surface area (Å²) in [4.78, 5) is 23.7. The molecule has 3 aromatic rings. The number of nitrogens with zero attached hydrogens (tertiary/aromatic N) is 3. The van der Waals surface area contributed by atoms with Gasteiger partial charge in [-0.3, -0.25) is 9.78 Å². The average Bonchev–Trinajstić information content (AvgIpc) is 3.19. The number of carbonyl (C=O) groups excluding carboxylic acids is 1. The van der Waals surface area contributed by atoms with Crippen LogP contribution in [-0.2, 0) is 17.3 Å². The van der Waals surface area contributed by atoms with Crippen molar-refractivity contribution < 1.29 is 22.7 Å². The number of carbonyl (C=O) groups is 1. The molecule has 1 fully saturated rings. The molecule has 5 nitrogen and oxygen atoms in total. The third-order valence-corrected chi connectivity index (χ3v) is 6.05. The van der Waals surface area contributed by atoms with E-state index in [0.717, 1.165) is 23.4 Å². The Labute approximate surface area is 181 Å². The predicted molar refractivity (Wildman–Crippen MR) is 110 cm³/mol. The number of amides is 1. The Morgan fingerprint density at radius 3 is 2.74 bits per heavy atom. The van der Waals surface area contributed by atoms with E-state index in [1.807, 2.05) is 13.0 Å². The van der Waals surface area contributed by atoms with Crippen LogP contribution in [0.4, 0.5) is 13.2 Å². The summed E-state index contributed by atoms with van der Waals surface area (Å²) in [5, 5.41) is 0. The summed E-state index contributed by atoms with van der Waals surface area (Å²) in [5.74, 6) is -0.0607. The number of pyridine rings is 1. The van der Waals surface area contributed by atoms with Crippen molar-refractivity contribution in [3.05, 3.63) is 81.1 Å². The molecule has 1 aliphatic heterocycles. The van der Waals surface area contributed by atoms with Crippen LogP contribution in [0.15, 0.2) is 48.1 Å². The van der Waals surface area contributed by atoms with Crippen molar-refractivity contribution in [3.8, 4) is 0 Å². The smallest absolute Gasteiger partial charge is 0.368 e. The summed E-state index contributed by atoms with van der Waals surface area (Å²) in [6, 6.07) is 8.93. The van der Waals surface area contributed by atoms with Gasteiger partial charge in [0.1, 0.15) is 11.0 Å². The number of hydrogen-bond acceptors (Lipinski definition) is 5. The van der Waals surface area contributed by atoms with Crippen molar-refractivity contribution in [1.29, 1.82) is 0 Å². The molecule has 3 heterocycles. The maximum Gasteiger partial charge on any atom is 0.416 e. The summed E-state index contributed by atoms with van der Waals surface area (Å²) in [6.45, 7) is 3.10. The number of aromatic nitrogens is 2. The van der Waals surface area contributed by atoms with E-state index in [2.05, 4.69) is 9.97 Å². The summed E-state index contributed by atoms with van der Waals surface area (Å²) in [5.41, 5.74) is 3.76. The average molecular weight is 447 g/mol. The molecule has 1 amide bonds. The number of rotatable bonds is 4. The summed E-state index contributed by atoms with van der Waals surface area (Å²) in [7, 11) is 0. The Bertz CT molecular complexity index is 1070. The molecule has 0 aliphatic carbocycles. The van der Waals surface area contributed by atoms with Crippen LogP contribution in [-0.4, -0.2) is 40.5 Å². The van der Waals surface area contributed by atoms with E-state index in [1.165, 1.54) is 17.4 Å². The van der Waals surface area contributed by atoms with Crippen LogP contribution in [0.5, 0.6) is 0 Å². The minimum absolute atomic E-state index is 0.0607. The lowest BCUT2D eigenvalue weighted by Gasteiger charge is -2.32. The second-order valence-electron chi connectivity index (χ2n) is 7.34. The van der Waals surface area contributed by atoms with Crippen molar-refractivity contribution in [2.45, 2.75) is 25.6 Å². The van der Waals surface area contributed by atoms with Gasteiger partial charge in [-0.1, -0.05) is 24.3 Å². The molecule has 0 unspecified atom stereocenters. The summed E-state index contributed by atoms with van der Waals surface area (Å²) < 4.78 is 44.5. The first-order chi connectivity index (χ1) is 14.8. The molecule has 0 bridgehead atoms. The van der Waals surface area contributed by atoms with E-state index in [9.17, 15) is 18.0 Å². The Morgan fingerprint density at radius 1 is 1.23 bits per heavy atom. The quantitative estimate of drug-likeness (QED) is 0.583. The number of benzene rings is 1. The van der Waals surface area contributed by atoms with Crippen LogP contribution in [0, 0.1) is 6.92 Å². The highest BCUT2D eigenvalue weighted by Gasteiger charge is 2.30. The topological polar surface area (TPSA) is 55.3 Å². The van der Waals surface area contributed by atoms with E-state index in [-0.39, 0.29) is 12.0 Å². The molecule has 1 saturated heterocycles. The summed E-state index contributed by atoms with van der Waals surface area (Å²) >= 11 is 1.32. The zero-order valence-corrected chi connectivity index (χ0v) is 17.5. The number of thiazole rings is 1. The lowest BCUT2D eigenvalue weighted by atomic mass is 10.0. The Morgan fingerprint density at radius 2 is 2.06 bits per heavy atom. The number of aryl methyl sites for hydroxylation is 1. The van der Waals surface area contributed by atoms with Gasteiger partial charge in [0.2, 0.25) is 0 Å². The first-order valence-electron chi connectivity index (χ1n) is 9.73. The molecule has 0 radical (unpaired) electrons. The fourth-order valence-corrected chi connectivity index (χ4v) is 4.26. The number of halogens is 3. The predicted octanol–water partition coefficient (Wildman–Crippen LogP) is 4.67. The third-order valence-electron chi connectivity index (χ3n) is 5.13. The van der Waals surface area contributed by atoms with Gasteiger partial charge in [-0.25, -0.2) is 4.98 Å². The molecule has 2 aromatic heterocycles. The molecular formula is C22H20F3N3O2S. The highest BCUT2D eigenvalue weighted by Crippen LogP contribution is 2.30. The highest BCUT2D eigenvalue weighted by atomic mass is 32.1. The highest BCUT2D eigenvalue weighted by molar-refractivity contribution is 7.11. The van der Waals surface area contributed by atoms with Crippen LogP contribution in [0.1, 0.15) is 43.9 Å². The molecular weight excluding hydrogens is 427 g/mol. The lowest BCUT2D eigenvalue weighted by molar-refractivity contribution is -0.137. The lowest BCUT2D eigenvalue weighted by Crippen LogP contribution is -2.42. The Hall–Kier alpha value is -2.78. The van der Waals surface area contributed by atoms with E-state index in [4.69, 9.17) is 4.74 Å². The zero-order chi connectivity index (χ0) is 22.0. The second-order valence-corrected chi connectivity index (χ2v) is 8.20. The molecule has 31 heavy (non-hydrogen) atoms. The van der Waals surface area contributed by atoms with Crippen LogP contribution in [0.2, 0.25) is 0 Å². The standard InChI is InChI=1S/C22H20F3N3O2S/c1-14-20(31-13-27-14)21(29)28-7-8-30-19(12-28)18-6-5-16(11-26-18)9-15-3-2-4-17(10-15)22(23,24)25/h2-6,10-11,13,19H,7-9,12H2,1H3/t19-/m1/s1. The molecule has 0 N–H and O–H groups in total. The van der Waals surface area contributed by atoms with Crippen molar-refractivity contribution in [2.24, 2.45) is 0 Å². The van der Waals surface area contributed by atoms with Gasteiger partial charge in [0.05, 0.1) is 35.6 Å². The van der Waals surface area contributed by atoms with Crippen molar-refractivity contribution in [3.63, 3.8) is 0 Å². The van der Waals surface area contributed by atoms with E-state index < -0.39 is 11.7 Å². The largest absolute Gasteiger partial charge is 0.416 e. The normalized spacial score (nSPS) is 17.0. The molecule has 9 heteroatoms. The van der Waals surface area contributed by atoms with E-state index in [1.54, 1.807) is 28.7 Å². The number of morpholine rings is 1. The first-order valence-corrected chi connectivity index (χ1v) is 10.6. The van der Waals surface area contributed by atoms with Gasteiger partial charge in [-0.15, -0.1) is 11.3 Å². The number of alkyl halides is 3. The van der Waals surface area contributed by atoms with Gasteiger partial charge in [-0.05, 0) is 36.6 Å². The SMILES string of the molecule is Cc1ncsc1C(=O)N1CCO[C@@H](c2ccc(Cc3cccc(C(F)(F)F)c3)cn2)C1. The molecule has 0 saturated carbocycles.